The molecule has 0 amide bonds. The van der Waals surface area contributed by atoms with Crippen LogP contribution in [0.2, 0.25) is 0 Å². The van der Waals surface area contributed by atoms with Crippen LogP contribution in [-0.2, 0) is 10.8 Å². The Kier molecular flexibility index (Phi) is 6.45. The van der Waals surface area contributed by atoms with Crippen molar-refractivity contribution < 1.29 is 4.21 Å². The molecule has 90 valence electrons. The standard InChI is InChI=1S/C11H24N2OS/c1-10(15(2)14)3-6-13-9-11-4-7-12-8-5-11/h10-13H,3-9H2,1-2H3. The molecule has 2 atom stereocenters. The van der Waals surface area contributed by atoms with Gasteiger partial charge < -0.3 is 10.6 Å². The van der Waals surface area contributed by atoms with E-state index >= 15 is 0 Å². The van der Waals surface area contributed by atoms with E-state index in [1.807, 2.05) is 0 Å². The minimum absolute atomic E-state index is 0.325. The van der Waals surface area contributed by atoms with Gasteiger partial charge in [0.1, 0.15) is 0 Å². The molecule has 2 N–H and O–H groups in total. The van der Waals surface area contributed by atoms with Gasteiger partial charge in [-0.1, -0.05) is 6.92 Å². The Morgan fingerprint density at radius 1 is 1.47 bits per heavy atom. The third-order valence-electron chi connectivity index (χ3n) is 3.19. The van der Waals surface area contributed by atoms with Crippen LogP contribution in [0, 0.1) is 5.92 Å². The molecule has 1 fully saturated rings. The molecule has 0 radical (unpaired) electrons. The monoisotopic (exact) mass is 232 g/mol. The average molecular weight is 232 g/mol. The van der Waals surface area contributed by atoms with Gasteiger partial charge in [0, 0.05) is 22.3 Å². The van der Waals surface area contributed by atoms with Crippen molar-refractivity contribution in [1.82, 2.24) is 10.6 Å². The van der Waals surface area contributed by atoms with Crippen molar-refractivity contribution in [3.8, 4) is 0 Å². The normalized spacial score (nSPS) is 22.5. The van der Waals surface area contributed by atoms with Crippen molar-refractivity contribution in [2.24, 2.45) is 5.92 Å². The van der Waals surface area contributed by atoms with Gasteiger partial charge in [0.05, 0.1) is 0 Å². The zero-order chi connectivity index (χ0) is 11.1. The van der Waals surface area contributed by atoms with Crippen LogP contribution in [0.4, 0.5) is 0 Å². The van der Waals surface area contributed by atoms with E-state index in [2.05, 4.69) is 17.6 Å². The van der Waals surface area contributed by atoms with Gasteiger partial charge in [-0.15, -0.1) is 0 Å². The molecular formula is C11H24N2OS. The summed E-state index contributed by atoms with van der Waals surface area (Å²) in [5.74, 6) is 0.841. The molecule has 1 saturated heterocycles. The summed E-state index contributed by atoms with van der Waals surface area (Å²) in [5.41, 5.74) is 0. The first-order valence-corrected chi connectivity index (χ1v) is 7.56. The van der Waals surface area contributed by atoms with E-state index in [4.69, 9.17) is 0 Å². The Morgan fingerprint density at radius 3 is 2.73 bits per heavy atom. The molecule has 2 unspecified atom stereocenters. The fraction of sp³-hybridized carbons (Fsp3) is 1.00. The van der Waals surface area contributed by atoms with Gasteiger partial charge in [0.25, 0.3) is 0 Å². The third-order valence-corrected chi connectivity index (χ3v) is 4.55. The van der Waals surface area contributed by atoms with Gasteiger partial charge >= 0.3 is 0 Å². The van der Waals surface area contributed by atoms with Gasteiger partial charge in [-0.25, -0.2) is 0 Å². The molecule has 0 spiro atoms. The molecular weight excluding hydrogens is 208 g/mol. The van der Waals surface area contributed by atoms with Crippen molar-refractivity contribution in [2.75, 3.05) is 32.4 Å². The van der Waals surface area contributed by atoms with Gasteiger partial charge in [-0.2, -0.15) is 0 Å². The van der Waals surface area contributed by atoms with Crippen molar-refractivity contribution in [3.05, 3.63) is 0 Å². The summed E-state index contributed by atoms with van der Waals surface area (Å²) >= 11 is 0. The first-order valence-electron chi connectivity index (χ1n) is 5.94. The first kappa shape index (κ1) is 13.1. The molecule has 0 aromatic heterocycles. The van der Waals surface area contributed by atoms with Crippen LogP contribution in [-0.4, -0.2) is 41.9 Å². The molecule has 0 saturated carbocycles. The summed E-state index contributed by atoms with van der Waals surface area (Å²) in [4.78, 5) is 0. The maximum atomic E-state index is 11.1. The lowest BCUT2D eigenvalue weighted by molar-refractivity contribution is 0.356. The summed E-state index contributed by atoms with van der Waals surface area (Å²) in [5, 5.41) is 7.17. The molecule has 0 aliphatic carbocycles. The summed E-state index contributed by atoms with van der Waals surface area (Å²) in [6.07, 6.45) is 5.40. The quantitative estimate of drug-likeness (QED) is 0.664. The van der Waals surface area contributed by atoms with E-state index in [-0.39, 0.29) is 0 Å². The lowest BCUT2D eigenvalue weighted by Crippen LogP contribution is -2.34. The number of hydrogen-bond donors (Lipinski definition) is 2. The molecule has 15 heavy (non-hydrogen) atoms. The maximum absolute atomic E-state index is 11.1. The predicted octanol–water partition coefficient (Wildman–Crippen LogP) is 0.733. The molecule has 0 aromatic carbocycles. The SMILES string of the molecule is CC(CCNCC1CCNCC1)S(C)=O. The van der Waals surface area contributed by atoms with E-state index in [9.17, 15) is 4.21 Å². The van der Waals surface area contributed by atoms with E-state index in [1.54, 1.807) is 6.26 Å². The van der Waals surface area contributed by atoms with Crippen LogP contribution in [0.3, 0.4) is 0 Å². The number of nitrogens with one attached hydrogen (secondary N) is 2. The molecule has 0 bridgehead atoms. The second-order valence-corrected chi connectivity index (χ2v) is 6.30. The second kappa shape index (κ2) is 7.36. The minimum atomic E-state index is -0.669. The Labute approximate surface area is 95.9 Å². The highest BCUT2D eigenvalue weighted by molar-refractivity contribution is 7.84. The number of rotatable bonds is 6. The molecule has 1 heterocycles. The lowest BCUT2D eigenvalue weighted by Gasteiger charge is -2.23. The van der Waals surface area contributed by atoms with Crippen LogP contribution in [0.25, 0.3) is 0 Å². The van der Waals surface area contributed by atoms with Crippen molar-refractivity contribution in [2.45, 2.75) is 31.4 Å². The van der Waals surface area contributed by atoms with Crippen LogP contribution in [0.1, 0.15) is 26.2 Å². The largest absolute Gasteiger partial charge is 0.317 e. The summed E-state index contributed by atoms with van der Waals surface area (Å²) in [6, 6.07) is 0. The summed E-state index contributed by atoms with van der Waals surface area (Å²) in [6.45, 7) is 6.53. The van der Waals surface area contributed by atoms with Gasteiger partial charge in [-0.3, -0.25) is 4.21 Å². The zero-order valence-corrected chi connectivity index (χ0v) is 10.7. The molecule has 3 nitrogen and oxygen atoms in total. The highest BCUT2D eigenvalue weighted by Crippen LogP contribution is 2.09. The summed E-state index contributed by atoms with van der Waals surface area (Å²) in [7, 11) is -0.669. The average Bonchev–Trinajstić information content (AvgIpc) is 2.25. The predicted molar refractivity (Wildman–Crippen MR) is 66.6 cm³/mol. The highest BCUT2D eigenvalue weighted by atomic mass is 32.2. The van der Waals surface area contributed by atoms with Gasteiger partial charge in [-0.05, 0) is 51.4 Å². The highest BCUT2D eigenvalue weighted by Gasteiger charge is 2.12. The van der Waals surface area contributed by atoms with E-state index < -0.39 is 10.8 Å². The van der Waals surface area contributed by atoms with Crippen LogP contribution in [0.15, 0.2) is 0 Å². The van der Waals surface area contributed by atoms with Gasteiger partial charge in [0.15, 0.2) is 0 Å². The number of hydrogen-bond acceptors (Lipinski definition) is 3. The Hall–Kier alpha value is 0.0700. The Morgan fingerprint density at radius 2 is 2.13 bits per heavy atom. The molecule has 0 aromatic rings. The zero-order valence-electron chi connectivity index (χ0n) is 9.92. The topological polar surface area (TPSA) is 41.1 Å². The van der Waals surface area contributed by atoms with Crippen molar-refractivity contribution in [1.29, 1.82) is 0 Å². The summed E-state index contributed by atoms with van der Waals surface area (Å²) < 4.78 is 11.1. The van der Waals surface area contributed by atoms with E-state index in [1.165, 1.54) is 25.9 Å². The lowest BCUT2D eigenvalue weighted by atomic mass is 9.98. The fourth-order valence-electron chi connectivity index (χ4n) is 1.86. The fourth-order valence-corrected chi connectivity index (χ4v) is 2.31. The van der Waals surface area contributed by atoms with Gasteiger partial charge in [0.2, 0.25) is 0 Å². The van der Waals surface area contributed by atoms with Crippen LogP contribution in [0.5, 0.6) is 0 Å². The Balaban J connectivity index is 1.98. The van der Waals surface area contributed by atoms with E-state index in [0.717, 1.165) is 25.4 Å². The molecule has 1 rings (SSSR count). The smallest absolute Gasteiger partial charge is 0.0329 e. The van der Waals surface area contributed by atoms with Crippen LogP contribution < -0.4 is 10.6 Å². The van der Waals surface area contributed by atoms with Crippen LogP contribution >= 0.6 is 0 Å². The Bertz CT molecular complexity index is 193. The maximum Gasteiger partial charge on any atom is 0.0329 e. The molecule has 1 aliphatic heterocycles. The first-order chi connectivity index (χ1) is 7.20. The van der Waals surface area contributed by atoms with Crippen molar-refractivity contribution in [3.63, 3.8) is 0 Å². The molecule has 1 aliphatic rings. The van der Waals surface area contributed by atoms with Crippen molar-refractivity contribution >= 4 is 10.8 Å². The number of piperidine rings is 1. The minimum Gasteiger partial charge on any atom is -0.317 e. The second-order valence-electron chi connectivity index (χ2n) is 4.50. The molecule has 4 heteroatoms. The van der Waals surface area contributed by atoms with E-state index in [0.29, 0.717) is 5.25 Å². The third kappa shape index (κ3) is 5.64.